The van der Waals surface area contributed by atoms with Crippen LogP contribution in [0.25, 0.3) is 0 Å². The van der Waals surface area contributed by atoms with E-state index in [0.717, 1.165) is 5.69 Å². The first-order valence-electron chi connectivity index (χ1n) is 8.45. The number of hydrogen-bond acceptors (Lipinski definition) is 5. The number of ether oxygens (including phenoxy) is 1. The average Bonchev–Trinajstić information content (AvgIpc) is 3.16. The number of H-pyrrole nitrogens is 1. The van der Waals surface area contributed by atoms with Crippen LogP contribution < -0.4 is 20.1 Å². The van der Waals surface area contributed by atoms with Gasteiger partial charge < -0.3 is 20.4 Å². The first kappa shape index (κ1) is 21.7. The Bertz CT molecular complexity index is 954. The zero-order valence-electron chi connectivity index (χ0n) is 16.1. The molecule has 8 nitrogen and oxygen atoms in total. The Hall–Kier alpha value is -2.59. The Morgan fingerprint density at radius 3 is 2.57 bits per heavy atom. The Balaban J connectivity index is 2.23. The van der Waals surface area contributed by atoms with Crippen molar-refractivity contribution in [1.82, 2.24) is 20.3 Å². The van der Waals surface area contributed by atoms with Crippen LogP contribution >= 0.6 is 12.2 Å². The summed E-state index contributed by atoms with van der Waals surface area (Å²) in [5, 5.41) is 5.44. The van der Waals surface area contributed by atoms with Gasteiger partial charge in [0.05, 0.1) is 19.1 Å². The van der Waals surface area contributed by atoms with Gasteiger partial charge in [0.15, 0.2) is 5.11 Å². The molecule has 0 radical (unpaired) electrons. The van der Waals surface area contributed by atoms with E-state index in [2.05, 4.69) is 20.3 Å². The second kappa shape index (κ2) is 8.61. The Labute approximate surface area is 170 Å². The lowest BCUT2D eigenvalue weighted by Crippen LogP contribution is -2.42. The molecule has 2 rings (SSSR count). The number of nitrogens with one attached hydrogen (secondary N) is 4. The molecule has 0 spiro atoms. The zero-order chi connectivity index (χ0) is 20.9. The predicted octanol–water partition coefficient (Wildman–Crippen LogP) is 1.40. The maximum absolute atomic E-state index is 12.6. The topological polar surface area (TPSA) is 112 Å². The van der Waals surface area contributed by atoms with E-state index < -0.39 is 15.6 Å². The first-order valence-corrected chi connectivity index (χ1v) is 10.3. The number of aromatic amines is 1. The van der Waals surface area contributed by atoms with Gasteiger partial charge in [0.1, 0.15) is 10.6 Å². The van der Waals surface area contributed by atoms with E-state index in [0.29, 0.717) is 5.56 Å². The molecular weight excluding hydrogens is 400 g/mol. The summed E-state index contributed by atoms with van der Waals surface area (Å²) in [6, 6.07) is 8.30. The van der Waals surface area contributed by atoms with Gasteiger partial charge in [0, 0.05) is 18.9 Å². The van der Waals surface area contributed by atoms with Gasteiger partial charge in [-0.25, -0.2) is 8.42 Å². The molecule has 28 heavy (non-hydrogen) atoms. The molecule has 4 N–H and O–H groups in total. The fourth-order valence-electron chi connectivity index (χ4n) is 2.63. The largest absolute Gasteiger partial charge is 0.495 e. The summed E-state index contributed by atoms with van der Waals surface area (Å²) < 4.78 is 32.6. The smallest absolute Gasteiger partial charge is 0.267 e. The lowest BCUT2D eigenvalue weighted by atomic mass is 10.00. The SMILES string of the molecule is CNC(=S)NS(=O)(=O)c1cc(CC(=O)NC(C)(C)c2ccc[nH]2)ccc1OC. The van der Waals surface area contributed by atoms with Gasteiger partial charge >= 0.3 is 0 Å². The van der Waals surface area contributed by atoms with E-state index >= 15 is 0 Å². The van der Waals surface area contributed by atoms with E-state index in [1.165, 1.54) is 26.3 Å². The molecule has 0 aliphatic heterocycles. The van der Waals surface area contributed by atoms with Crippen molar-refractivity contribution >= 4 is 33.3 Å². The molecule has 0 aliphatic rings. The van der Waals surface area contributed by atoms with Gasteiger partial charge in [0.25, 0.3) is 10.0 Å². The number of sulfonamides is 1. The van der Waals surface area contributed by atoms with Crippen LogP contribution in [0.4, 0.5) is 0 Å². The van der Waals surface area contributed by atoms with Crippen LogP contribution in [0.15, 0.2) is 41.4 Å². The minimum atomic E-state index is -3.96. The molecule has 152 valence electrons. The van der Waals surface area contributed by atoms with Crippen LogP contribution in [0.1, 0.15) is 25.1 Å². The highest BCUT2D eigenvalue weighted by Crippen LogP contribution is 2.25. The quantitative estimate of drug-likeness (QED) is 0.500. The molecule has 0 bridgehead atoms. The fraction of sp³-hybridized carbons (Fsp3) is 0.333. The number of benzene rings is 1. The third-order valence-corrected chi connectivity index (χ3v) is 5.87. The number of aromatic nitrogens is 1. The molecule has 0 fully saturated rings. The van der Waals surface area contributed by atoms with Crippen LogP contribution in [-0.4, -0.2) is 38.6 Å². The van der Waals surface area contributed by atoms with Gasteiger partial charge in [-0.1, -0.05) is 6.07 Å². The highest BCUT2D eigenvalue weighted by molar-refractivity contribution is 7.92. The number of rotatable bonds is 7. The summed E-state index contributed by atoms with van der Waals surface area (Å²) in [7, 11) is -1.08. The molecule has 1 amide bonds. The molecule has 0 unspecified atom stereocenters. The molecule has 0 saturated carbocycles. The van der Waals surface area contributed by atoms with Crippen LogP contribution in [-0.2, 0) is 26.8 Å². The predicted molar refractivity (Wildman–Crippen MR) is 111 cm³/mol. The van der Waals surface area contributed by atoms with E-state index in [1.54, 1.807) is 12.3 Å². The summed E-state index contributed by atoms with van der Waals surface area (Å²) in [6.45, 7) is 3.76. The third-order valence-electron chi connectivity index (χ3n) is 4.06. The van der Waals surface area contributed by atoms with Crippen molar-refractivity contribution in [3.05, 3.63) is 47.8 Å². The second-order valence-electron chi connectivity index (χ2n) is 6.60. The van der Waals surface area contributed by atoms with Gasteiger partial charge in [-0.15, -0.1) is 0 Å². The first-order chi connectivity index (χ1) is 13.1. The van der Waals surface area contributed by atoms with E-state index in [9.17, 15) is 13.2 Å². The molecule has 1 heterocycles. The summed E-state index contributed by atoms with van der Waals surface area (Å²) in [5.74, 6) is -0.0888. The highest BCUT2D eigenvalue weighted by Gasteiger charge is 2.25. The lowest BCUT2D eigenvalue weighted by molar-refractivity contribution is -0.122. The van der Waals surface area contributed by atoms with Gasteiger partial charge in [-0.3, -0.25) is 9.52 Å². The number of carbonyl (C=O) groups excluding carboxylic acids is 1. The van der Waals surface area contributed by atoms with Crippen molar-refractivity contribution < 1.29 is 17.9 Å². The minimum absolute atomic E-state index is 0.00707. The highest BCUT2D eigenvalue weighted by atomic mass is 32.2. The van der Waals surface area contributed by atoms with Crippen LogP contribution in [0.2, 0.25) is 0 Å². The van der Waals surface area contributed by atoms with Gasteiger partial charge in [-0.2, -0.15) is 0 Å². The Morgan fingerprint density at radius 1 is 1.29 bits per heavy atom. The Morgan fingerprint density at radius 2 is 2.00 bits per heavy atom. The van der Waals surface area contributed by atoms with E-state index in [-0.39, 0.29) is 28.1 Å². The minimum Gasteiger partial charge on any atom is -0.495 e. The van der Waals surface area contributed by atoms with Gasteiger partial charge in [-0.05, 0) is 55.9 Å². The lowest BCUT2D eigenvalue weighted by Gasteiger charge is -2.25. The summed E-state index contributed by atoms with van der Waals surface area (Å²) in [5.41, 5.74) is 0.794. The molecule has 0 saturated heterocycles. The van der Waals surface area contributed by atoms with Crippen molar-refractivity contribution in [2.45, 2.75) is 30.7 Å². The molecule has 1 aromatic heterocycles. The van der Waals surface area contributed by atoms with Crippen molar-refractivity contribution in [2.75, 3.05) is 14.2 Å². The average molecular weight is 425 g/mol. The summed E-state index contributed by atoms with van der Waals surface area (Å²) in [4.78, 5) is 15.5. The van der Waals surface area contributed by atoms with Crippen LogP contribution in [0, 0.1) is 0 Å². The normalized spacial score (nSPS) is 11.6. The molecule has 10 heteroatoms. The number of methoxy groups -OCH3 is 1. The Kier molecular flexibility index (Phi) is 6.68. The maximum atomic E-state index is 12.6. The van der Waals surface area contributed by atoms with E-state index in [1.807, 2.05) is 26.0 Å². The van der Waals surface area contributed by atoms with Crippen molar-refractivity contribution in [1.29, 1.82) is 0 Å². The molecule has 1 aromatic carbocycles. The van der Waals surface area contributed by atoms with Crippen LogP contribution in [0.5, 0.6) is 5.75 Å². The van der Waals surface area contributed by atoms with E-state index in [4.69, 9.17) is 17.0 Å². The standard InChI is InChI=1S/C18H24N4O4S2/c1-18(2,15-6-5-9-20-15)21-16(23)11-12-7-8-13(26-4)14(10-12)28(24,25)22-17(27)19-3/h5-10,20H,11H2,1-4H3,(H,21,23)(H2,19,22,27). The third kappa shape index (κ3) is 5.23. The van der Waals surface area contributed by atoms with Crippen LogP contribution in [0.3, 0.4) is 0 Å². The van der Waals surface area contributed by atoms with Crippen molar-refractivity contribution in [2.24, 2.45) is 0 Å². The van der Waals surface area contributed by atoms with Gasteiger partial charge in [0.2, 0.25) is 5.91 Å². The maximum Gasteiger partial charge on any atom is 0.267 e. The molecule has 2 aromatic rings. The van der Waals surface area contributed by atoms with Crippen molar-refractivity contribution in [3.63, 3.8) is 0 Å². The fourth-order valence-corrected chi connectivity index (χ4v) is 4.14. The number of amides is 1. The van der Waals surface area contributed by atoms with Crippen molar-refractivity contribution in [3.8, 4) is 5.75 Å². The summed E-state index contributed by atoms with van der Waals surface area (Å²) >= 11 is 4.88. The number of hydrogen-bond donors (Lipinski definition) is 4. The number of thiocarbonyl (C=S) groups is 1. The number of carbonyl (C=O) groups is 1. The molecule has 0 aliphatic carbocycles. The monoisotopic (exact) mass is 424 g/mol. The molecule has 0 atom stereocenters. The zero-order valence-corrected chi connectivity index (χ0v) is 17.8. The second-order valence-corrected chi connectivity index (χ2v) is 8.66. The summed E-state index contributed by atoms with van der Waals surface area (Å²) in [6.07, 6.45) is 1.79. The molecular formula is C18H24N4O4S2.